The zero-order valence-corrected chi connectivity index (χ0v) is 19.7. The lowest BCUT2D eigenvalue weighted by Gasteiger charge is -2.11. The third-order valence-corrected chi connectivity index (χ3v) is 5.28. The molecular weight excluding hydrogens is 479 g/mol. The maximum absolute atomic E-state index is 13.6. The van der Waals surface area contributed by atoms with Gasteiger partial charge in [0.05, 0.1) is 19.2 Å². The molecule has 0 aliphatic carbocycles. The molecule has 1 amide bonds. The maximum atomic E-state index is 13.6. The molecule has 0 radical (unpaired) electrons. The standard InChI is InChI=1S/C25H22ClFN2O6/c1-33-22-10-6-18(29-25(22)15-3-5-17(27)16(26)11-15)20(31)8-7-19(30)14-4-9-21(23(12-14)34-2)35-13-24(28)32/h3-6,9-12H,7-8,13H2,1-2H3,(H2,28,32). The van der Waals surface area contributed by atoms with Crippen molar-refractivity contribution in [2.24, 2.45) is 5.73 Å². The molecule has 3 rings (SSSR count). The zero-order chi connectivity index (χ0) is 25.5. The third kappa shape index (κ3) is 6.33. The van der Waals surface area contributed by atoms with Crippen LogP contribution in [0.1, 0.15) is 33.7 Å². The summed E-state index contributed by atoms with van der Waals surface area (Å²) >= 11 is 5.88. The van der Waals surface area contributed by atoms with Crippen molar-refractivity contribution in [2.75, 3.05) is 20.8 Å². The Hall–Kier alpha value is -3.98. The number of halogens is 2. The highest BCUT2D eigenvalue weighted by Crippen LogP contribution is 2.32. The molecular formula is C25H22ClFN2O6. The summed E-state index contributed by atoms with van der Waals surface area (Å²) in [6, 6.07) is 11.6. The molecule has 0 atom stereocenters. The minimum atomic E-state index is -0.649. The molecule has 1 aromatic heterocycles. The van der Waals surface area contributed by atoms with Crippen molar-refractivity contribution in [2.45, 2.75) is 12.8 Å². The van der Waals surface area contributed by atoms with Crippen molar-refractivity contribution < 1.29 is 33.0 Å². The van der Waals surface area contributed by atoms with E-state index in [1.807, 2.05) is 0 Å². The lowest BCUT2D eigenvalue weighted by atomic mass is 10.0. The van der Waals surface area contributed by atoms with Crippen LogP contribution < -0.4 is 19.9 Å². The zero-order valence-electron chi connectivity index (χ0n) is 19.0. The van der Waals surface area contributed by atoms with Crippen LogP contribution in [0.4, 0.5) is 4.39 Å². The number of nitrogens with zero attached hydrogens (tertiary/aromatic N) is 1. The van der Waals surface area contributed by atoms with E-state index in [0.29, 0.717) is 22.6 Å². The summed E-state index contributed by atoms with van der Waals surface area (Å²) < 4.78 is 29.3. The molecule has 182 valence electrons. The SMILES string of the molecule is COc1cc(C(=O)CCC(=O)c2ccc(OC)c(-c3ccc(F)c(Cl)c3)n2)ccc1OCC(N)=O. The first kappa shape index (κ1) is 25.6. The molecule has 2 aromatic carbocycles. The molecule has 10 heteroatoms. The van der Waals surface area contributed by atoms with Crippen molar-refractivity contribution in [1.29, 1.82) is 0 Å². The Morgan fingerprint density at radius 3 is 2.26 bits per heavy atom. The molecule has 35 heavy (non-hydrogen) atoms. The molecule has 0 aliphatic rings. The second kappa shape index (κ2) is 11.4. The lowest BCUT2D eigenvalue weighted by Crippen LogP contribution is -2.20. The van der Waals surface area contributed by atoms with Crippen LogP contribution in [0, 0.1) is 5.82 Å². The van der Waals surface area contributed by atoms with E-state index in [9.17, 15) is 18.8 Å². The molecule has 0 saturated carbocycles. The molecule has 0 spiro atoms. The van der Waals surface area contributed by atoms with Crippen LogP contribution >= 0.6 is 11.6 Å². The first-order valence-electron chi connectivity index (χ1n) is 10.4. The van der Waals surface area contributed by atoms with E-state index in [4.69, 9.17) is 31.5 Å². The Labute approximate surface area is 205 Å². The highest BCUT2D eigenvalue weighted by Gasteiger charge is 2.18. The number of methoxy groups -OCH3 is 2. The molecule has 0 fully saturated rings. The fourth-order valence-corrected chi connectivity index (χ4v) is 3.41. The molecule has 8 nitrogen and oxygen atoms in total. The molecule has 0 bridgehead atoms. The summed E-state index contributed by atoms with van der Waals surface area (Å²) in [5.74, 6) is -0.988. The number of amides is 1. The number of carbonyl (C=O) groups excluding carboxylic acids is 3. The summed E-state index contributed by atoms with van der Waals surface area (Å²) in [6.45, 7) is -0.334. The smallest absolute Gasteiger partial charge is 0.255 e. The van der Waals surface area contributed by atoms with E-state index in [1.165, 1.54) is 56.7 Å². The van der Waals surface area contributed by atoms with Crippen LogP contribution in [0.2, 0.25) is 5.02 Å². The third-order valence-electron chi connectivity index (χ3n) is 4.99. The summed E-state index contributed by atoms with van der Waals surface area (Å²) in [7, 11) is 2.84. The van der Waals surface area contributed by atoms with Crippen molar-refractivity contribution in [3.63, 3.8) is 0 Å². The summed E-state index contributed by atoms with van der Waals surface area (Å²) in [6.07, 6.45) is -0.168. The van der Waals surface area contributed by atoms with Gasteiger partial charge in [-0.2, -0.15) is 0 Å². The molecule has 0 saturated heterocycles. The quantitative estimate of drug-likeness (QED) is 0.390. The number of benzene rings is 2. The number of rotatable bonds is 11. The average Bonchev–Trinajstić information content (AvgIpc) is 2.86. The Morgan fingerprint density at radius 1 is 0.914 bits per heavy atom. The van der Waals surface area contributed by atoms with Crippen molar-refractivity contribution >= 4 is 29.1 Å². The van der Waals surface area contributed by atoms with Gasteiger partial charge in [-0.25, -0.2) is 9.37 Å². The fourth-order valence-electron chi connectivity index (χ4n) is 3.23. The van der Waals surface area contributed by atoms with Crippen molar-refractivity contribution in [3.05, 3.63) is 70.6 Å². The van der Waals surface area contributed by atoms with Crippen LogP contribution in [0.5, 0.6) is 17.2 Å². The Kier molecular flexibility index (Phi) is 8.38. The predicted molar refractivity (Wildman–Crippen MR) is 127 cm³/mol. The lowest BCUT2D eigenvalue weighted by molar-refractivity contribution is -0.119. The van der Waals surface area contributed by atoms with Gasteiger partial charge < -0.3 is 19.9 Å². The van der Waals surface area contributed by atoms with E-state index in [1.54, 1.807) is 6.07 Å². The van der Waals surface area contributed by atoms with Gasteiger partial charge in [0.25, 0.3) is 5.91 Å². The second-order valence-corrected chi connectivity index (χ2v) is 7.75. The Morgan fingerprint density at radius 2 is 1.60 bits per heavy atom. The van der Waals surface area contributed by atoms with Gasteiger partial charge in [-0.05, 0) is 48.5 Å². The normalized spacial score (nSPS) is 10.5. The fraction of sp³-hybridized carbons (Fsp3) is 0.200. The van der Waals surface area contributed by atoms with Crippen LogP contribution in [-0.2, 0) is 4.79 Å². The van der Waals surface area contributed by atoms with Gasteiger partial charge in [-0.15, -0.1) is 0 Å². The number of primary amides is 1. The largest absolute Gasteiger partial charge is 0.494 e. The minimum absolute atomic E-state index is 0.0745. The van der Waals surface area contributed by atoms with E-state index in [2.05, 4.69) is 4.98 Å². The van der Waals surface area contributed by atoms with Gasteiger partial charge in [-0.3, -0.25) is 14.4 Å². The number of Topliss-reactive ketones (excluding diaryl/α,β-unsaturated/α-hetero) is 2. The predicted octanol–water partition coefficient (Wildman–Crippen LogP) is 4.27. The van der Waals surface area contributed by atoms with Crippen LogP contribution in [0.25, 0.3) is 11.3 Å². The first-order valence-corrected chi connectivity index (χ1v) is 10.8. The monoisotopic (exact) mass is 500 g/mol. The maximum Gasteiger partial charge on any atom is 0.255 e. The molecule has 0 unspecified atom stereocenters. The molecule has 3 aromatic rings. The highest BCUT2D eigenvalue weighted by atomic mass is 35.5. The number of aromatic nitrogens is 1. The highest BCUT2D eigenvalue weighted by molar-refractivity contribution is 6.31. The number of hydrogen-bond donors (Lipinski definition) is 1. The van der Waals surface area contributed by atoms with Gasteiger partial charge in [0.1, 0.15) is 23.0 Å². The van der Waals surface area contributed by atoms with Crippen LogP contribution in [0.3, 0.4) is 0 Å². The van der Waals surface area contributed by atoms with Crippen molar-refractivity contribution in [1.82, 2.24) is 4.98 Å². The van der Waals surface area contributed by atoms with E-state index in [0.717, 1.165) is 0 Å². The topological polar surface area (TPSA) is 118 Å². The van der Waals surface area contributed by atoms with E-state index in [-0.39, 0.29) is 53.2 Å². The second-order valence-electron chi connectivity index (χ2n) is 7.34. The molecule has 1 heterocycles. The van der Waals surface area contributed by atoms with E-state index < -0.39 is 11.7 Å². The average molecular weight is 501 g/mol. The summed E-state index contributed by atoms with van der Waals surface area (Å²) in [5, 5.41) is -0.0878. The van der Waals surface area contributed by atoms with Crippen molar-refractivity contribution in [3.8, 4) is 28.5 Å². The number of nitrogens with two attached hydrogens (primary N) is 1. The van der Waals surface area contributed by atoms with E-state index >= 15 is 0 Å². The van der Waals surface area contributed by atoms with Gasteiger partial charge in [-0.1, -0.05) is 11.6 Å². The number of ether oxygens (including phenoxy) is 3. The van der Waals surface area contributed by atoms with Gasteiger partial charge in [0.15, 0.2) is 29.7 Å². The minimum Gasteiger partial charge on any atom is -0.494 e. The number of carbonyl (C=O) groups is 3. The van der Waals surface area contributed by atoms with Crippen LogP contribution in [0.15, 0.2) is 48.5 Å². The Balaban J connectivity index is 1.74. The first-order chi connectivity index (χ1) is 16.7. The number of ketones is 2. The molecule has 2 N–H and O–H groups in total. The number of hydrogen-bond acceptors (Lipinski definition) is 7. The Bertz CT molecular complexity index is 1280. The van der Waals surface area contributed by atoms with Gasteiger partial charge in [0, 0.05) is 24.0 Å². The summed E-state index contributed by atoms with van der Waals surface area (Å²) in [5.41, 5.74) is 6.31. The van der Waals surface area contributed by atoms with Gasteiger partial charge in [0.2, 0.25) is 0 Å². The summed E-state index contributed by atoms with van der Waals surface area (Å²) in [4.78, 5) is 40.7. The number of pyridine rings is 1. The van der Waals surface area contributed by atoms with Crippen LogP contribution in [-0.4, -0.2) is 43.3 Å². The molecule has 0 aliphatic heterocycles. The van der Waals surface area contributed by atoms with Gasteiger partial charge >= 0.3 is 0 Å².